The fourth-order valence-electron chi connectivity index (χ4n) is 2.12. The minimum atomic E-state index is -3.56. The van der Waals surface area contributed by atoms with E-state index in [1.807, 2.05) is 6.92 Å². The molecule has 4 nitrogen and oxygen atoms in total. The molecule has 0 aliphatic carbocycles. The van der Waals surface area contributed by atoms with Gasteiger partial charge in [-0.25, -0.2) is 13.1 Å². The summed E-state index contributed by atoms with van der Waals surface area (Å²) in [6, 6.07) is 6.49. The van der Waals surface area contributed by atoms with Crippen LogP contribution >= 0.6 is 11.6 Å². The molecule has 1 heterocycles. The zero-order valence-electron chi connectivity index (χ0n) is 10.2. The Morgan fingerprint density at radius 1 is 1.28 bits per heavy atom. The lowest BCUT2D eigenvalue weighted by atomic mass is 9.92. The van der Waals surface area contributed by atoms with Crippen molar-refractivity contribution in [1.29, 1.82) is 0 Å². The van der Waals surface area contributed by atoms with Crippen molar-refractivity contribution in [2.45, 2.75) is 30.2 Å². The quantitative estimate of drug-likeness (QED) is 0.891. The van der Waals surface area contributed by atoms with Crippen molar-refractivity contribution < 1.29 is 8.42 Å². The molecule has 18 heavy (non-hydrogen) atoms. The molecule has 0 atom stereocenters. The van der Waals surface area contributed by atoms with Crippen LogP contribution in [-0.4, -0.2) is 27.0 Å². The summed E-state index contributed by atoms with van der Waals surface area (Å²) in [4.78, 5) is 0.145. The highest BCUT2D eigenvalue weighted by Crippen LogP contribution is 2.25. The molecule has 0 aromatic heterocycles. The molecule has 0 spiro atoms. The molecule has 0 unspecified atom stereocenters. The Morgan fingerprint density at radius 3 is 2.50 bits per heavy atom. The van der Waals surface area contributed by atoms with Crippen molar-refractivity contribution in [2.24, 2.45) is 0 Å². The van der Waals surface area contributed by atoms with Crippen molar-refractivity contribution in [3.63, 3.8) is 0 Å². The van der Waals surface area contributed by atoms with Crippen LogP contribution in [0.5, 0.6) is 0 Å². The summed E-state index contributed by atoms with van der Waals surface area (Å²) in [6.07, 6.45) is 1.55. The van der Waals surface area contributed by atoms with E-state index >= 15 is 0 Å². The number of sulfonamides is 1. The molecular formula is C12H17ClN2O2S. The molecule has 0 bridgehead atoms. The Kier molecular flexibility index (Phi) is 3.96. The van der Waals surface area contributed by atoms with Crippen molar-refractivity contribution in [3.8, 4) is 0 Å². The van der Waals surface area contributed by atoms with Crippen molar-refractivity contribution in [2.75, 3.05) is 13.1 Å². The van der Waals surface area contributed by atoms with E-state index in [4.69, 9.17) is 11.6 Å². The van der Waals surface area contributed by atoms with E-state index < -0.39 is 15.6 Å². The summed E-state index contributed by atoms with van der Waals surface area (Å²) < 4.78 is 27.4. The van der Waals surface area contributed by atoms with Crippen molar-refractivity contribution in [1.82, 2.24) is 10.0 Å². The van der Waals surface area contributed by atoms with Crippen LogP contribution in [0.2, 0.25) is 5.02 Å². The Labute approximate surface area is 113 Å². The highest BCUT2D eigenvalue weighted by Gasteiger charge is 2.32. The van der Waals surface area contributed by atoms with Gasteiger partial charge in [-0.05, 0) is 45.0 Å². The van der Waals surface area contributed by atoms with Gasteiger partial charge in [-0.2, -0.15) is 0 Å². The van der Waals surface area contributed by atoms with Gasteiger partial charge in [0.1, 0.15) is 4.90 Å². The maximum Gasteiger partial charge on any atom is 0.242 e. The third-order valence-corrected chi connectivity index (χ3v) is 5.35. The number of piperidine rings is 1. The zero-order chi connectivity index (χ0) is 13.2. The molecule has 6 heteroatoms. The van der Waals surface area contributed by atoms with Gasteiger partial charge >= 0.3 is 0 Å². The number of hydrogen-bond acceptors (Lipinski definition) is 3. The third-order valence-electron chi connectivity index (χ3n) is 3.21. The first-order chi connectivity index (χ1) is 8.43. The summed E-state index contributed by atoms with van der Waals surface area (Å²) in [5.74, 6) is 0. The van der Waals surface area contributed by atoms with Crippen LogP contribution in [0.15, 0.2) is 29.2 Å². The first kappa shape index (κ1) is 13.8. The minimum Gasteiger partial charge on any atom is -0.317 e. The molecule has 1 aromatic rings. The smallest absolute Gasteiger partial charge is 0.242 e. The van der Waals surface area contributed by atoms with E-state index in [1.165, 1.54) is 6.07 Å². The van der Waals surface area contributed by atoms with Crippen LogP contribution in [0.1, 0.15) is 19.8 Å². The largest absolute Gasteiger partial charge is 0.317 e. The van der Waals surface area contributed by atoms with Crippen LogP contribution in [-0.2, 0) is 10.0 Å². The predicted octanol–water partition coefficient (Wildman–Crippen LogP) is 1.76. The molecule has 1 fully saturated rings. The standard InChI is InChI=1S/C12H17ClN2O2S/c1-12(6-8-14-9-7-12)15-18(16,17)11-5-3-2-4-10(11)13/h2-5,14-15H,6-9H2,1H3. The van der Waals surface area contributed by atoms with E-state index in [1.54, 1.807) is 18.2 Å². The molecule has 2 rings (SSSR count). The van der Waals surface area contributed by atoms with E-state index in [-0.39, 0.29) is 9.92 Å². The number of hydrogen-bond donors (Lipinski definition) is 2. The van der Waals surface area contributed by atoms with Crippen LogP contribution in [0.25, 0.3) is 0 Å². The lowest BCUT2D eigenvalue weighted by Crippen LogP contribution is -2.52. The summed E-state index contributed by atoms with van der Waals surface area (Å²) in [5.41, 5.74) is -0.400. The molecule has 0 amide bonds. The van der Waals surface area contributed by atoms with Gasteiger partial charge in [0, 0.05) is 5.54 Å². The monoisotopic (exact) mass is 288 g/mol. The van der Waals surface area contributed by atoms with Crippen LogP contribution in [0.3, 0.4) is 0 Å². The van der Waals surface area contributed by atoms with Gasteiger partial charge in [0.2, 0.25) is 10.0 Å². The SMILES string of the molecule is CC1(NS(=O)(=O)c2ccccc2Cl)CCNCC1. The second-order valence-corrected chi connectivity index (χ2v) is 6.90. The molecule has 0 saturated carbocycles. The number of halogens is 1. The Morgan fingerprint density at radius 2 is 1.89 bits per heavy atom. The first-order valence-electron chi connectivity index (χ1n) is 5.92. The number of nitrogens with one attached hydrogen (secondary N) is 2. The first-order valence-corrected chi connectivity index (χ1v) is 7.78. The second-order valence-electron chi connectivity index (χ2n) is 4.85. The van der Waals surface area contributed by atoms with Gasteiger partial charge in [-0.3, -0.25) is 0 Å². The molecule has 1 aliphatic heterocycles. The molecular weight excluding hydrogens is 272 g/mol. The summed E-state index contributed by atoms with van der Waals surface area (Å²) in [6.45, 7) is 3.57. The molecule has 1 saturated heterocycles. The number of rotatable bonds is 3. The topological polar surface area (TPSA) is 58.2 Å². The predicted molar refractivity (Wildman–Crippen MR) is 72.3 cm³/mol. The lowest BCUT2D eigenvalue weighted by molar-refractivity contribution is 0.308. The Balaban J connectivity index is 2.25. The molecule has 0 radical (unpaired) electrons. The van der Waals surface area contributed by atoms with Gasteiger partial charge < -0.3 is 5.32 Å². The average Bonchev–Trinajstić information content (AvgIpc) is 2.28. The highest BCUT2D eigenvalue weighted by atomic mass is 35.5. The maximum absolute atomic E-state index is 12.3. The number of benzene rings is 1. The average molecular weight is 289 g/mol. The maximum atomic E-state index is 12.3. The molecule has 2 N–H and O–H groups in total. The van der Waals surface area contributed by atoms with Crippen molar-refractivity contribution in [3.05, 3.63) is 29.3 Å². The molecule has 1 aromatic carbocycles. The summed E-state index contributed by atoms with van der Waals surface area (Å²) in [7, 11) is -3.56. The Bertz CT molecular complexity index is 525. The normalized spacial score (nSPS) is 19.7. The highest BCUT2D eigenvalue weighted by molar-refractivity contribution is 7.89. The molecule has 100 valence electrons. The van der Waals surface area contributed by atoms with E-state index in [9.17, 15) is 8.42 Å². The summed E-state index contributed by atoms with van der Waals surface area (Å²) in [5, 5.41) is 3.47. The zero-order valence-corrected chi connectivity index (χ0v) is 11.8. The minimum absolute atomic E-state index is 0.145. The van der Waals surface area contributed by atoms with Gasteiger partial charge in [0.25, 0.3) is 0 Å². The van der Waals surface area contributed by atoms with Crippen LogP contribution in [0, 0.1) is 0 Å². The lowest BCUT2D eigenvalue weighted by Gasteiger charge is -2.34. The van der Waals surface area contributed by atoms with Gasteiger partial charge in [0.15, 0.2) is 0 Å². The fraction of sp³-hybridized carbons (Fsp3) is 0.500. The van der Waals surface area contributed by atoms with Crippen molar-refractivity contribution >= 4 is 21.6 Å². The second kappa shape index (κ2) is 5.17. The third kappa shape index (κ3) is 3.03. The summed E-state index contributed by atoms with van der Waals surface area (Å²) >= 11 is 5.94. The van der Waals surface area contributed by atoms with Crippen LogP contribution in [0.4, 0.5) is 0 Å². The van der Waals surface area contributed by atoms with Crippen LogP contribution < -0.4 is 10.0 Å². The van der Waals surface area contributed by atoms with E-state index in [2.05, 4.69) is 10.0 Å². The Hall–Kier alpha value is -0.620. The van der Waals surface area contributed by atoms with Gasteiger partial charge in [-0.15, -0.1) is 0 Å². The molecule has 1 aliphatic rings. The van der Waals surface area contributed by atoms with Gasteiger partial charge in [0.05, 0.1) is 5.02 Å². The van der Waals surface area contributed by atoms with Gasteiger partial charge in [-0.1, -0.05) is 23.7 Å². The fourth-order valence-corrected chi connectivity index (χ4v) is 4.11. The van der Waals surface area contributed by atoms with E-state index in [0.717, 1.165) is 25.9 Å². The van der Waals surface area contributed by atoms with E-state index in [0.29, 0.717) is 0 Å².